The molecule has 15 nitrogen and oxygen atoms in total. The number of carbonyl (C=O) groups excluding carboxylic acids is 4. The number of carboxylic acid groups (broad SMARTS) is 2. The summed E-state index contributed by atoms with van der Waals surface area (Å²) in [6.45, 7) is 8.38. The maximum absolute atomic E-state index is 14.8. The highest BCUT2D eigenvalue weighted by Gasteiger charge is 2.66. The second-order valence-corrected chi connectivity index (χ2v) is 16.3. The number of hydrogen-bond acceptors (Lipinski definition) is 9. The van der Waals surface area contributed by atoms with Crippen LogP contribution in [0, 0.1) is 10.8 Å². The van der Waals surface area contributed by atoms with Crippen molar-refractivity contribution >= 4 is 35.8 Å². The predicted molar refractivity (Wildman–Crippen MR) is 196 cm³/mol. The summed E-state index contributed by atoms with van der Waals surface area (Å²) in [5, 5.41) is 24.3. The molecule has 0 aromatic heterocycles. The molecule has 4 aliphatic carbocycles. The summed E-state index contributed by atoms with van der Waals surface area (Å²) in [5.41, 5.74) is 8.85. The standard InChI is InChI=1S/C39H51N7O8/c1-23(2)46(30-7-5-17-44(30)38(32(49)42-34(51)52)26-13-9-24(10-14-26)19-36(38,3)21-28(40)47)31-8-6-18-45(31)39(33(50)43-35(53)54)27-15-11-25(12-16-27)20-37(39,4)22-29(41)48/h9-16,23,30-31H,5-8,17-22H2,1-4H3,(H2,40,47)(H2,41,48)(H,42,49)(H,43,50)(H,51,52)(H,53,54)/t30?,31?,36?,37?,38-,39-/m0/s1. The lowest BCUT2D eigenvalue weighted by molar-refractivity contribution is -0.172. The number of fused-ring (bicyclic) bond motifs is 8. The third-order valence-corrected chi connectivity index (χ3v) is 12.5. The molecule has 15 heteroatoms. The molecule has 290 valence electrons. The summed E-state index contributed by atoms with van der Waals surface area (Å²) >= 11 is 0. The minimum Gasteiger partial charge on any atom is -0.465 e. The summed E-state index contributed by atoms with van der Waals surface area (Å²) in [5.74, 6) is -2.85. The summed E-state index contributed by atoms with van der Waals surface area (Å²) in [6.07, 6.45) is -1.67. The Balaban J connectivity index is 1.56. The number of nitrogens with two attached hydrogens (primary N) is 2. The average molecular weight is 746 g/mol. The van der Waals surface area contributed by atoms with Crippen LogP contribution in [0.2, 0.25) is 0 Å². The Bertz CT molecular complexity index is 1720. The minimum atomic E-state index is -1.68. The van der Waals surface area contributed by atoms with E-state index >= 15 is 0 Å². The number of hydrogen-bond donors (Lipinski definition) is 6. The van der Waals surface area contributed by atoms with Crippen LogP contribution in [0.15, 0.2) is 48.5 Å². The monoisotopic (exact) mass is 745 g/mol. The van der Waals surface area contributed by atoms with Gasteiger partial charge in [-0.3, -0.25) is 44.5 Å². The molecule has 6 atom stereocenters. The van der Waals surface area contributed by atoms with Gasteiger partial charge in [-0.15, -0.1) is 0 Å². The zero-order valence-electron chi connectivity index (χ0n) is 31.3. The Kier molecular flexibility index (Phi) is 10.1. The van der Waals surface area contributed by atoms with E-state index in [1.807, 2.05) is 86.0 Å². The van der Waals surface area contributed by atoms with Crippen molar-refractivity contribution in [1.82, 2.24) is 25.3 Å². The molecule has 8 N–H and O–H groups in total. The van der Waals surface area contributed by atoms with Crippen molar-refractivity contribution in [1.29, 1.82) is 0 Å². The van der Waals surface area contributed by atoms with E-state index in [4.69, 9.17) is 11.5 Å². The highest BCUT2D eigenvalue weighted by molar-refractivity contribution is 6.00. The van der Waals surface area contributed by atoms with Crippen molar-refractivity contribution in [2.45, 2.75) is 109 Å². The van der Waals surface area contributed by atoms with Gasteiger partial charge in [0.1, 0.15) is 11.1 Å². The molecule has 4 bridgehead atoms. The maximum Gasteiger partial charge on any atom is 0.411 e. The summed E-state index contributed by atoms with van der Waals surface area (Å²) in [6, 6.07) is 14.6. The zero-order chi connectivity index (χ0) is 39.4. The Morgan fingerprint density at radius 1 is 0.704 bits per heavy atom. The van der Waals surface area contributed by atoms with E-state index in [0.717, 1.165) is 11.1 Å². The Morgan fingerprint density at radius 3 is 1.35 bits per heavy atom. The first-order chi connectivity index (χ1) is 25.4. The van der Waals surface area contributed by atoms with Crippen molar-refractivity contribution in [2.75, 3.05) is 13.1 Å². The third kappa shape index (κ3) is 6.02. The number of nitrogens with one attached hydrogen (secondary N) is 2. The lowest BCUT2D eigenvalue weighted by atomic mass is 9.62. The zero-order valence-corrected chi connectivity index (χ0v) is 31.3. The summed E-state index contributed by atoms with van der Waals surface area (Å²) < 4.78 is 0. The Hall–Kier alpha value is -4.86. The molecule has 2 aliphatic heterocycles. The van der Waals surface area contributed by atoms with E-state index in [0.29, 0.717) is 49.9 Å². The average Bonchev–Trinajstić information content (AvgIpc) is 3.63. The number of primary amides is 2. The van der Waals surface area contributed by atoms with Crippen LogP contribution in [0.3, 0.4) is 0 Å². The predicted octanol–water partition coefficient (Wildman–Crippen LogP) is 2.80. The Labute approximate surface area is 314 Å². The van der Waals surface area contributed by atoms with Gasteiger partial charge in [-0.25, -0.2) is 9.59 Å². The topological polar surface area (TPSA) is 229 Å². The molecule has 2 fully saturated rings. The smallest absolute Gasteiger partial charge is 0.411 e. The summed E-state index contributed by atoms with van der Waals surface area (Å²) in [7, 11) is 0. The van der Waals surface area contributed by atoms with Gasteiger partial charge in [-0.2, -0.15) is 0 Å². The number of imide groups is 2. The van der Waals surface area contributed by atoms with Gasteiger partial charge in [-0.1, -0.05) is 62.4 Å². The first kappa shape index (κ1) is 38.9. The number of carbonyl (C=O) groups is 6. The second-order valence-electron chi connectivity index (χ2n) is 16.3. The first-order valence-corrected chi connectivity index (χ1v) is 18.6. The highest BCUT2D eigenvalue weighted by Crippen LogP contribution is 2.57. The van der Waals surface area contributed by atoms with Gasteiger partial charge < -0.3 is 21.7 Å². The molecule has 2 saturated heterocycles. The molecule has 0 saturated carbocycles. The van der Waals surface area contributed by atoms with Crippen LogP contribution in [-0.4, -0.2) is 92.2 Å². The van der Waals surface area contributed by atoms with Crippen LogP contribution in [0.1, 0.15) is 88.5 Å². The van der Waals surface area contributed by atoms with Crippen LogP contribution in [0.5, 0.6) is 0 Å². The van der Waals surface area contributed by atoms with E-state index in [9.17, 15) is 39.0 Å². The van der Waals surface area contributed by atoms with Gasteiger partial charge in [0.15, 0.2) is 0 Å². The van der Waals surface area contributed by atoms with E-state index in [1.54, 1.807) is 0 Å². The second kappa shape index (κ2) is 14.1. The van der Waals surface area contributed by atoms with Crippen molar-refractivity contribution in [3.8, 4) is 0 Å². The van der Waals surface area contributed by atoms with Gasteiger partial charge in [0.2, 0.25) is 11.8 Å². The first-order valence-electron chi connectivity index (χ1n) is 18.6. The van der Waals surface area contributed by atoms with E-state index in [-0.39, 0.29) is 31.7 Å². The normalized spacial score (nSPS) is 30.6. The van der Waals surface area contributed by atoms with Crippen molar-refractivity contribution in [3.63, 3.8) is 0 Å². The number of rotatable bonds is 11. The number of amides is 6. The molecule has 8 rings (SSSR count). The fraction of sp³-hybridized carbons (Fsp3) is 0.538. The molecule has 4 unspecified atom stereocenters. The van der Waals surface area contributed by atoms with Crippen LogP contribution >= 0.6 is 0 Å². The molecule has 0 spiro atoms. The van der Waals surface area contributed by atoms with Gasteiger partial charge in [-0.05, 0) is 74.6 Å². The molecule has 2 aromatic rings. The minimum absolute atomic E-state index is 0.212. The van der Waals surface area contributed by atoms with E-state index in [2.05, 4.69) is 15.5 Å². The molecule has 6 aliphatic rings. The van der Waals surface area contributed by atoms with Crippen LogP contribution in [0.25, 0.3) is 0 Å². The van der Waals surface area contributed by atoms with Crippen LogP contribution in [0.4, 0.5) is 9.59 Å². The quantitative estimate of drug-likeness (QED) is 0.196. The number of benzene rings is 2. The number of likely N-dealkylation sites (tertiary alicyclic amines) is 2. The third-order valence-electron chi connectivity index (χ3n) is 12.5. The van der Waals surface area contributed by atoms with E-state index < -0.39 is 70.1 Å². The molecule has 0 radical (unpaired) electrons. The highest BCUT2D eigenvalue weighted by atomic mass is 16.4. The molecular formula is C39H51N7O8. The molecule has 54 heavy (non-hydrogen) atoms. The molecule has 2 heterocycles. The lowest BCUT2D eigenvalue weighted by Crippen LogP contribution is -2.72. The molecular weight excluding hydrogens is 694 g/mol. The molecule has 2 aromatic carbocycles. The van der Waals surface area contributed by atoms with Crippen LogP contribution < -0.4 is 22.1 Å². The van der Waals surface area contributed by atoms with E-state index in [1.165, 1.54) is 0 Å². The van der Waals surface area contributed by atoms with Gasteiger partial charge in [0, 0.05) is 42.8 Å². The Morgan fingerprint density at radius 2 is 1.06 bits per heavy atom. The molecule has 6 amide bonds. The van der Waals surface area contributed by atoms with Crippen molar-refractivity contribution < 1.29 is 39.0 Å². The summed E-state index contributed by atoms with van der Waals surface area (Å²) in [4.78, 5) is 86.1. The van der Waals surface area contributed by atoms with Gasteiger partial charge in [0.05, 0.1) is 12.3 Å². The van der Waals surface area contributed by atoms with Crippen LogP contribution in [-0.2, 0) is 43.1 Å². The number of nitrogens with zero attached hydrogens (tertiary/aromatic N) is 3. The SMILES string of the molecule is CC(C)N(C1CCCN1[C@]1(C(=O)NC(=O)O)c2ccc(cc2)CC1(C)CC(N)=O)C1CCCN1[C@]1(C(=O)NC(=O)O)c2ccc(cc2)CC1(C)CC(N)=O. The fourth-order valence-electron chi connectivity index (χ4n) is 11.0. The van der Waals surface area contributed by atoms with Crippen molar-refractivity contribution in [3.05, 3.63) is 70.8 Å². The van der Waals surface area contributed by atoms with Gasteiger partial charge in [0.25, 0.3) is 11.8 Å². The largest absolute Gasteiger partial charge is 0.465 e. The fourth-order valence-corrected chi connectivity index (χ4v) is 11.0. The maximum atomic E-state index is 14.8. The van der Waals surface area contributed by atoms with Gasteiger partial charge >= 0.3 is 12.2 Å². The van der Waals surface area contributed by atoms with Crippen molar-refractivity contribution in [2.24, 2.45) is 22.3 Å². The lowest BCUT2D eigenvalue weighted by Gasteiger charge is -2.58.